The average molecular weight is 643 g/mol. The van der Waals surface area contributed by atoms with Gasteiger partial charge in [-0.2, -0.15) is 0 Å². The smallest absolute Gasteiger partial charge is 0.334 e. The third-order valence-electron chi connectivity index (χ3n) is 10.4. The molecule has 0 radical (unpaired) electrons. The molecule has 7 rings (SSSR count). The number of carbonyl (C=O) groups is 5. The van der Waals surface area contributed by atoms with E-state index >= 15 is 0 Å². The number of hydrogen-bond donors (Lipinski definition) is 0. The summed E-state index contributed by atoms with van der Waals surface area (Å²) in [4.78, 5) is 73.4. The molecule has 0 N–H and O–H groups in total. The van der Waals surface area contributed by atoms with Crippen LogP contribution in [0, 0.1) is 35.0 Å². The van der Waals surface area contributed by atoms with Gasteiger partial charge in [-0.15, -0.1) is 0 Å². The van der Waals surface area contributed by atoms with Crippen LogP contribution in [-0.4, -0.2) is 49.4 Å². The van der Waals surface area contributed by atoms with E-state index in [-0.39, 0.29) is 12.2 Å². The number of hydrogen-bond acceptors (Lipinski definition) is 8. The van der Waals surface area contributed by atoms with Gasteiger partial charge >= 0.3 is 5.97 Å². The lowest BCUT2D eigenvalue weighted by atomic mass is 9.43. The Balaban J connectivity index is 1.38. The second-order valence-electron chi connectivity index (χ2n) is 13.0. The standard InChI is InChI=1S/C37H42N2O8/c1-6-9-19-46-24-15-11-22(12-16-24)38-32(40)27-26-21(4)29(36(44)45-8-3)37(5,30(27)34(38)42)31-28(26)33(41)39(35(31)43)23-13-17-25(18-14-23)47-20-10-7-2/h11-18,26-28,30-31H,6-10,19-20H2,1-5H3/t26?,27-,28+,30-,31-,37?/m0/s1. The molecule has 2 saturated heterocycles. The molecule has 2 aromatic carbocycles. The fraction of sp³-hybridized carbons (Fsp3) is 0.486. The van der Waals surface area contributed by atoms with Crippen LogP contribution in [0.3, 0.4) is 0 Å². The molecule has 2 heterocycles. The van der Waals surface area contributed by atoms with E-state index < -0.39 is 64.6 Å². The number of imide groups is 2. The SMILES string of the molecule is CCCCOc1ccc(N2C(=O)[C@@H]3C4C(C)=C(C(=O)OCC)C(C)([C@@H]3C2=O)[C@@H]2C(=O)N(c3ccc(OCCCC)cc3)C(=O)[C@@H]42)cc1. The summed E-state index contributed by atoms with van der Waals surface area (Å²) in [7, 11) is 0. The fourth-order valence-electron chi connectivity index (χ4n) is 8.37. The Morgan fingerprint density at radius 3 is 1.49 bits per heavy atom. The third kappa shape index (κ3) is 4.95. The highest BCUT2D eigenvalue weighted by Gasteiger charge is 2.77. The second-order valence-corrected chi connectivity index (χ2v) is 13.0. The van der Waals surface area contributed by atoms with Gasteiger partial charge in [0.2, 0.25) is 23.6 Å². The van der Waals surface area contributed by atoms with Crippen LogP contribution in [0.1, 0.15) is 60.3 Å². The third-order valence-corrected chi connectivity index (χ3v) is 10.4. The van der Waals surface area contributed by atoms with Crippen molar-refractivity contribution in [1.29, 1.82) is 0 Å². The number of benzene rings is 2. The second kappa shape index (κ2) is 12.6. The van der Waals surface area contributed by atoms with E-state index in [1.165, 1.54) is 0 Å². The Labute approximate surface area is 275 Å². The molecule has 3 aliphatic carbocycles. The number of rotatable bonds is 12. The van der Waals surface area contributed by atoms with Crippen molar-refractivity contribution >= 4 is 41.0 Å². The Hall–Kier alpha value is -4.47. The predicted octanol–water partition coefficient (Wildman–Crippen LogP) is 5.49. The molecule has 47 heavy (non-hydrogen) atoms. The molecular weight excluding hydrogens is 600 g/mol. The van der Waals surface area contributed by atoms with E-state index in [1.54, 1.807) is 69.3 Å². The number of amides is 4. The number of esters is 1. The van der Waals surface area contributed by atoms with Crippen molar-refractivity contribution in [2.75, 3.05) is 29.6 Å². The maximum absolute atomic E-state index is 14.4. The molecule has 2 unspecified atom stereocenters. The van der Waals surface area contributed by atoms with Crippen LogP contribution in [-0.2, 0) is 28.7 Å². The van der Waals surface area contributed by atoms with Gasteiger partial charge in [-0.05, 0) is 75.2 Å². The van der Waals surface area contributed by atoms with Gasteiger partial charge in [0.05, 0.1) is 54.9 Å². The van der Waals surface area contributed by atoms with Gasteiger partial charge in [0, 0.05) is 16.9 Å². The lowest BCUT2D eigenvalue weighted by Gasteiger charge is -2.55. The summed E-state index contributed by atoms with van der Waals surface area (Å²) in [5, 5.41) is 0. The number of ether oxygens (including phenoxy) is 3. The lowest BCUT2D eigenvalue weighted by Crippen LogP contribution is -2.61. The van der Waals surface area contributed by atoms with Crippen molar-refractivity contribution in [3.63, 3.8) is 0 Å². The molecule has 0 spiro atoms. The zero-order valence-electron chi connectivity index (χ0n) is 27.6. The molecule has 5 aliphatic rings. The Kier molecular flexibility index (Phi) is 8.72. The summed E-state index contributed by atoms with van der Waals surface area (Å²) in [6.07, 6.45) is 3.78. The molecule has 3 fully saturated rings. The number of allylic oxidation sites excluding steroid dienone is 1. The van der Waals surface area contributed by atoms with Crippen LogP contribution in [0.2, 0.25) is 0 Å². The predicted molar refractivity (Wildman–Crippen MR) is 174 cm³/mol. The van der Waals surface area contributed by atoms with Gasteiger partial charge in [-0.1, -0.05) is 39.2 Å². The highest BCUT2D eigenvalue weighted by atomic mass is 16.5. The normalized spacial score (nSPS) is 27.8. The van der Waals surface area contributed by atoms with Gasteiger partial charge in [0.25, 0.3) is 0 Å². The van der Waals surface area contributed by atoms with Gasteiger partial charge in [-0.25, -0.2) is 4.79 Å². The molecular formula is C37H42N2O8. The average Bonchev–Trinajstić information content (AvgIpc) is 3.48. The first-order valence-electron chi connectivity index (χ1n) is 16.7. The largest absolute Gasteiger partial charge is 0.494 e. The highest BCUT2D eigenvalue weighted by molar-refractivity contribution is 6.27. The first-order valence-corrected chi connectivity index (χ1v) is 16.7. The maximum atomic E-state index is 14.4. The van der Waals surface area contributed by atoms with E-state index in [0.717, 1.165) is 35.5 Å². The van der Waals surface area contributed by atoms with Crippen molar-refractivity contribution in [3.05, 3.63) is 59.7 Å². The van der Waals surface area contributed by atoms with Gasteiger partial charge < -0.3 is 14.2 Å². The first kappa shape index (κ1) is 32.5. The molecule has 4 amide bonds. The highest BCUT2D eigenvalue weighted by Crippen LogP contribution is 2.68. The molecule has 2 bridgehead atoms. The monoisotopic (exact) mass is 642 g/mol. The van der Waals surface area contributed by atoms with Crippen LogP contribution in [0.15, 0.2) is 59.7 Å². The quantitative estimate of drug-likeness (QED) is 0.170. The Morgan fingerprint density at radius 1 is 0.681 bits per heavy atom. The minimum Gasteiger partial charge on any atom is -0.494 e. The van der Waals surface area contributed by atoms with Crippen LogP contribution >= 0.6 is 0 Å². The summed E-state index contributed by atoms with van der Waals surface area (Å²) >= 11 is 0. The van der Waals surface area contributed by atoms with Crippen LogP contribution in [0.25, 0.3) is 0 Å². The zero-order valence-corrected chi connectivity index (χ0v) is 27.6. The topological polar surface area (TPSA) is 120 Å². The van der Waals surface area contributed by atoms with Crippen LogP contribution in [0.4, 0.5) is 11.4 Å². The molecule has 0 aromatic heterocycles. The molecule has 2 aliphatic heterocycles. The summed E-state index contributed by atoms with van der Waals surface area (Å²) in [6, 6.07) is 13.5. The maximum Gasteiger partial charge on any atom is 0.334 e. The molecule has 6 atom stereocenters. The van der Waals surface area contributed by atoms with E-state index in [2.05, 4.69) is 13.8 Å². The fourth-order valence-corrected chi connectivity index (χ4v) is 8.37. The van der Waals surface area contributed by atoms with E-state index in [9.17, 15) is 24.0 Å². The molecule has 1 saturated carbocycles. The van der Waals surface area contributed by atoms with E-state index in [1.807, 2.05) is 0 Å². The summed E-state index contributed by atoms with van der Waals surface area (Å²) in [6.45, 7) is 10.5. The lowest BCUT2D eigenvalue weighted by molar-refractivity contribution is -0.155. The van der Waals surface area contributed by atoms with Crippen molar-refractivity contribution in [3.8, 4) is 11.5 Å². The summed E-state index contributed by atoms with van der Waals surface area (Å²) < 4.78 is 17.0. The van der Waals surface area contributed by atoms with Crippen molar-refractivity contribution in [1.82, 2.24) is 0 Å². The number of nitrogens with zero attached hydrogens (tertiary/aromatic N) is 2. The van der Waals surface area contributed by atoms with E-state index in [0.29, 0.717) is 41.7 Å². The summed E-state index contributed by atoms with van der Waals surface area (Å²) in [5.41, 5.74) is 0.0361. The number of anilines is 2. The van der Waals surface area contributed by atoms with Crippen molar-refractivity contribution in [2.45, 2.75) is 60.3 Å². The van der Waals surface area contributed by atoms with Gasteiger partial charge in [0.1, 0.15) is 11.5 Å². The van der Waals surface area contributed by atoms with Gasteiger partial charge in [-0.3, -0.25) is 29.0 Å². The zero-order chi connectivity index (χ0) is 33.6. The molecule has 10 heteroatoms. The minimum absolute atomic E-state index is 0.0932. The van der Waals surface area contributed by atoms with Crippen LogP contribution in [0.5, 0.6) is 11.5 Å². The minimum atomic E-state index is -1.46. The van der Waals surface area contributed by atoms with Crippen molar-refractivity contribution < 1.29 is 38.2 Å². The molecule has 10 nitrogen and oxygen atoms in total. The van der Waals surface area contributed by atoms with Crippen molar-refractivity contribution in [2.24, 2.45) is 35.0 Å². The molecule has 2 aromatic rings. The Morgan fingerprint density at radius 2 is 1.11 bits per heavy atom. The van der Waals surface area contributed by atoms with E-state index in [4.69, 9.17) is 14.2 Å². The molecule has 248 valence electrons. The first-order chi connectivity index (χ1) is 22.6. The van der Waals surface area contributed by atoms with Gasteiger partial charge in [0.15, 0.2) is 0 Å². The summed E-state index contributed by atoms with van der Waals surface area (Å²) in [5.74, 6) is -5.98. The van der Waals surface area contributed by atoms with Crippen LogP contribution < -0.4 is 19.3 Å². The number of unbranched alkanes of at least 4 members (excludes halogenated alkanes) is 2. The number of carbonyl (C=O) groups excluding carboxylic acids is 5. The Bertz CT molecular complexity index is 1530.